The molecule has 3 aromatic rings. The highest BCUT2D eigenvalue weighted by atomic mass is 19.1. The largest absolute Gasteiger partial charge is 0.451 e. The van der Waals surface area contributed by atoms with Gasteiger partial charge < -0.3 is 14.6 Å². The number of carbonyl (C=O) groups is 2. The molecule has 2 amide bonds. The average molecular weight is 398 g/mol. The van der Waals surface area contributed by atoms with Crippen molar-refractivity contribution in [1.82, 2.24) is 10.2 Å². The lowest BCUT2D eigenvalue weighted by molar-refractivity contribution is -0.142. The normalized spacial score (nSPS) is 15.2. The lowest BCUT2D eigenvalue weighted by atomic mass is 9.98. The van der Waals surface area contributed by atoms with E-state index in [1.165, 1.54) is 29.2 Å². The molecule has 1 fully saturated rings. The van der Waals surface area contributed by atoms with Crippen molar-refractivity contribution < 1.29 is 22.8 Å². The summed E-state index contributed by atoms with van der Waals surface area (Å²) < 4.78 is 32.9. The summed E-state index contributed by atoms with van der Waals surface area (Å²) in [5, 5.41) is 3.26. The van der Waals surface area contributed by atoms with Gasteiger partial charge in [0.05, 0.1) is 0 Å². The first kappa shape index (κ1) is 19.1. The lowest BCUT2D eigenvalue weighted by Crippen LogP contribution is -2.56. The van der Waals surface area contributed by atoms with E-state index in [0.29, 0.717) is 30.6 Å². The van der Waals surface area contributed by atoms with Gasteiger partial charge in [0, 0.05) is 37.4 Å². The summed E-state index contributed by atoms with van der Waals surface area (Å²) in [6, 6.07) is 14.6. The van der Waals surface area contributed by atoms with Crippen molar-refractivity contribution >= 4 is 22.8 Å². The first-order valence-electron chi connectivity index (χ1n) is 9.43. The monoisotopic (exact) mass is 398 g/mol. The quantitative estimate of drug-likeness (QED) is 0.693. The molecule has 2 aromatic carbocycles. The van der Waals surface area contributed by atoms with Crippen LogP contribution in [0.15, 0.2) is 59.0 Å². The van der Waals surface area contributed by atoms with E-state index in [9.17, 15) is 18.4 Å². The molecule has 1 saturated heterocycles. The second-order valence-electron chi connectivity index (χ2n) is 7.27. The van der Waals surface area contributed by atoms with Gasteiger partial charge in [-0.1, -0.05) is 30.3 Å². The third-order valence-corrected chi connectivity index (χ3v) is 5.05. The average Bonchev–Trinajstić information content (AvgIpc) is 3.10. The molecule has 7 heteroatoms. The maximum atomic E-state index is 14.2. The number of halogens is 2. The van der Waals surface area contributed by atoms with Gasteiger partial charge in [-0.15, -0.1) is 0 Å². The van der Waals surface area contributed by atoms with Crippen LogP contribution in [0, 0.1) is 11.7 Å². The van der Waals surface area contributed by atoms with E-state index in [-0.39, 0.29) is 18.1 Å². The fourth-order valence-corrected chi connectivity index (χ4v) is 3.44. The molecule has 0 spiro atoms. The minimum Gasteiger partial charge on any atom is -0.451 e. The summed E-state index contributed by atoms with van der Waals surface area (Å²) in [6.07, 6.45) is -1.51. The zero-order valence-electron chi connectivity index (χ0n) is 15.6. The highest BCUT2D eigenvalue weighted by Gasteiger charge is 2.34. The van der Waals surface area contributed by atoms with Crippen molar-refractivity contribution in [2.75, 3.05) is 19.6 Å². The van der Waals surface area contributed by atoms with Gasteiger partial charge in [-0.2, -0.15) is 0 Å². The summed E-state index contributed by atoms with van der Waals surface area (Å²) in [5.74, 6) is -1.16. The Morgan fingerprint density at radius 1 is 1.14 bits per heavy atom. The predicted molar refractivity (Wildman–Crippen MR) is 104 cm³/mol. The van der Waals surface area contributed by atoms with E-state index in [0.717, 1.165) is 5.56 Å². The van der Waals surface area contributed by atoms with Crippen molar-refractivity contribution in [3.63, 3.8) is 0 Å². The SMILES string of the molecule is O=C(NCC1CN(C(=O)C(F)Cc2ccccc2)C1)c1cc2cc(F)ccc2o1. The second-order valence-corrected chi connectivity index (χ2v) is 7.27. The van der Waals surface area contributed by atoms with Gasteiger partial charge >= 0.3 is 0 Å². The van der Waals surface area contributed by atoms with Crippen LogP contribution >= 0.6 is 0 Å². The van der Waals surface area contributed by atoms with Crippen LogP contribution in [0.25, 0.3) is 11.0 Å². The number of rotatable bonds is 6. The van der Waals surface area contributed by atoms with Gasteiger partial charge in [-0.25, -0.2) is 8.78 Å². The summed E-state index contributed by atoms with van der Waals surface area (Å²) >= 11 is 0. The van der Waals surface area contributed by atoms with Crippen LogP contribution in [0.4, 0.5) is 8.78 Å². The number of carbonyl (C=O) groups excluding carboxylic acids is 2. The number of likely N-dealkylation sites (tertiary alicyclic amines) is 1. The Labute approximate surface area is 166 Å². The fraction of sp³-hybridized carbons (Fsp3) is 0.273. The highest BCUT2D eigenvalue weighted by Crippen LogP contribution is 2.21. The Balaban J connectivity index is 1.24. The highest BCUT2D eigenvalue weighted by molar-refractivity contribution is 5.96. The first-order chi connectivity index (χ1) is 14.0. The maximum Gasteiger partial charge on any atom is 0.287 e. The fourth-order valence-electron chi connectivity index (χ4n) is 3.44. The third kappa shape index (κ3) is 4.29. The number of furan rings is 1. The molecule has 0 radical (unpaired) electrons. The van der Waals surface area contributed by atoms with Crippen LogP contribution in [0.2, 0.25) is 0 Å². The van der Waals surface area contributed by atoms with Gasteiger partial charge in [-0.05, 0) is 29.8 Å². The molecule has 1 unspecified atom stereocenters. The second kappa shape index (κ2) is 8.03. The predicted octanol–water partition coefficient (Wildman–Crippen LogP) is 3.34. The van der Waals surface area contributed by atoms with Crippen molar-refractivity contribution in [3.8, 4) is 0 Å². The van der Waals surface area contributed by atoms with Gasteiger partial charge in [0.1, 0.15) is 11.4 Å². The Kier molecular flexibility index (Phi) is 5.29. The minimum absolute atomic E-state index is 0.0597. The molecule has 0 bridgehead atoms. The number of nitrogens with one attached hydrogen (secondary N) is 1. The van der Waals surface area contributed by atoms with Gasteiger partial charge in [0.15, 0.2) is 11.9 Å². The van der Waals surface area contributed by atoms with Crippen molar-refractivity contribution in [2.45, 2.75) is 12.6 Å². The Morgan fingerprint density at radius 2 is 1.90 bits per heavy atom. The number of hydrogen-bond acceptors (Lipinski definition) is 3. The number of fused-ring (bicyclic) bond motifs is 1. The van der Waals surface area contributed by atoms with Gasteiger partial charge in [0.25, 0.3) is 11.8 Å². The van der Waals surface area contributed by atoms with Crippen LogP contribution in [0.3, 0.4) is 0 Å². The minimum atomic E-state index is -1.57. The molecule has 29 heavy (non-hydrogen) atoms. The zero-order valence-corrected chi connectivity index (χ0v) is 15.6. The van der Waals surface area contributed by atoms with Crippen LogP contribution in [-0.4, -0.2) is 42.5 Å². The van der Waals surface area contributed by atoms with E-state index in [1.807, 2.05) is 18.2 Å². The van der Waals surface area contributed by atoms with Crippen molar-refractivity contribution in [2.24, 2.45) is 5.92 Å². The number of hydrogen-bond donors (Lipinski definition) is 1. The van der Waals surface area contributed by atoms with E-state index >= 15 is 0 Å². The number of amides is 2. The summed E-state index contributed by atoms with van der Waals surface area (Å²) in [5.41, 5.74) is 1.22. The summed E-state index contributed by atoms with van der Waals surface area (Å²) in [6.45, 7) is 1.16. The zero-order chi connectivity index (χ0) is 20.4. The molecular weight excluding hydrogens is 378 g/mol. The number of nitrogens with zero attached hydrogens (tertiary/aromatic N) is 1. The molecule has 1 N–H and O–H groups in total. The molecule has 0 aliphatic carbocycles. The Hall–Kier alpha value is -3.22. The Bertz CT molecular complexity index is 1030. The third-order valence-electron chi connectivity index (χ3n) is 5.05. The summed E-state index contributed by atoms with van der Waals surface area (Å²) in [7, 11) is 0. The molecule has 2 heterocycles. The molecular formula is C22H20F2N2O3. The van der Waals surface area contributed by atoms with Crippen molar-refractivity contribution in [3.05, 3.63) is 71.7 Å². The molecule has 0 saturated carbocycles. The summed E-state index contributed by atoms with van der Waals surface area (Å²) in [4.78, 5) is 25.9. The number of benzene rings is 2. The smallest absolute Gasteiger partial charge is 0.287 e. The topological polar surface area (TPSA) is 62.6 Å². The van der Waals surface area contributed by atoms with Crippen LogP contribution in [0.1, 0.15) is 16.1 Å². The molecule has 1 aliphatic rings. The molecule has 1 aromatic heterocycles. The van der Waals surface area contributed by atoms with E-state index in [2.05, 4.69) is 5.32 Å². The van der Waals surface area contributed by atoms with Gasteiger partial charge in [0.2, 0.25) is 0 Å². The first-order valence-corrected chi connectivity index (χ1v) is 9.43. The molecule has 4 rings (SSSR count). The van der Waals surface area contributed by atoms with Crippen molar-refractivity contribution in [1.29, 1.82) is 0 Å². The van der Waals surface area contributed by atoms with Crippen LogP contribution in [-0.2, 0) is 11.2 Å². The molecule has 5 nitrogen and oxygen atoms in total. The van der Waals surface area contributed by atoms with E-state index < -0.39 is 23.8 Å². The van der Waals surface area contributed by atoms with Crippen LogP contribution in [0.5, 0.6) is 0 Å². The van der Waals surface area contributed by atoms with Crippen LogP contribution < -0.4 is 5.32 Å². The van der Waals surface area contributed by atoms with Gasteiger partial charge in [-0.3, -0.25) is 9.59 Å². The number of alkyl halides is 1. The molecule has 1 aliphatic heterocycles. The maximum absolute atomic E-state index is 14.2. The standard InChI is InChI=1S/C22H20F2N2O3/c23-17-6-7-19-16(9-17)10-20(29-19)21(27)25-11-15-12-26(13-15)22(28)18(24)8-14-4-2-1-3-5-14/h1-7,9-10,15,18H,8,11-13H2,(H,25,27). The lowest BCUT2D eigenvalue weighted by Gasteiger charge is -2.40. The van der Waals surface area contributed by atoms with E-state index in [4.69, 9.17) is 4.42 Å². The Morgan fingerprint density at radius 3 is 2.66 bits per heavy atom. The molecule has 150 valence electrons. The van der Waals surface area contributed by atoms with E-state index in [1.54, 1.807) is 12.1 Å². The molecule has 1 atom stereocenters.